The molecule has 7 heteroatoms. The van der Waals surface area contributed by atoms with Crippen molar-refractivity contribution in [3.63, 3.8) is 0 Å². The summed E-state index contributed by atoms with van der Waals surface area (Å²) in [7, 11) is 3.56. The Morgan fingerprint density at radius 1 is 1.16 bits per heavy atom. The van der Waals surface area contributed by atoms with Crippen LogP contribution in [0.5, 0.6) is 11.5 Å². The number of nitrogens with one attached hydrogen (secondary N) is 1. The van der Waals surface area contributed by atoms with Gasteiger partial charge in [0.25, 0.3) is 0 Å². The third kappa shape index (κ3) is 4.09. The highest BCUT2D eigenvalue weighted by atomic mass is 16.5. The zero-order valence-corrected chi connectivity index (χ0v) is 18.8. The fourth-order valence-corrected chi connectivity index (χ4v) is 3.56. The van der Waals surface area contributed by atoms with Crippen molar-refractivity contribution in [3.05, 3.63) is 78.9 Å². The van der Waals surface area contributed by atoms with Gasteiger partial charge in [-0.3, -0.25) is 4.68 Å². The maximum Gasteiger partial charge on any atom is 0.162 e. The maximum atomic E-state index is 5.62. The van der Waals surface area contributed by atoms with Crippen LogP contribution < -0.4 is 14.8 Å². The smallest absolute Gasteiger partial charge is 0.162 e. The fraction of sp³-hybridized carbons (Fsp3) is 0.200. The molecule has 0 spiro atoms. The fourth-order valence-electron chi connectivity index (χ4n) is 3.56. The average Bonchev–Trinajstić information content (AvgIpc) is 3.17. The molecule has 3 aromatic rings. The number of rotatable bonds is 6. The van der Waals surface area contributed by atoms with E-state index in [1.54, 1.807) is 7.11 Å². The summed E-state index contributed by atoms with van der Waals surface area (Å²) in [6, 6.07) is 11.9. The number of benzene rings is 2. The zero-order valence-electron chi connectivity index (χ0n) is 18.8. The van der Waals surface area contributed by atoms with Crippen LogP contribution in [0, 0.1) is 0 Å². The highest BCUT2D eigenvalue weighted by molar-refractivity contribution is 6.11. The van der Waals surface area contributed by atoms with Crippen molar-refractivity contribution < 1.29 is 9.47 Å². The molecule has 0 saturated carbocycles. The summed E-state index contributed by atoms with van der Waals surface area (Å²) in [6.07, 6.45) is 7.76. The average molecular weight is 430 g/mol. The summed E-state index contributed by atoms with van der Waals surface area (Å²) in [4.78, 5) is 6.84. The second-order valence-electron chi connectivity index (χ2n) is 7.28. The minimum absolute atomic E-state index is 0.570. The second-order valence-corrected chi connectivity index (χ2v) is 7.28. The van der Waals surface area contributed by atoms with Crippen LogP contribution in [0.2, 0.25) is 0 Å². The molecule has 1 aliphatic rings. The van der Waals surface area contributed by atoms with Crippen LogP contribution in [0.4, 0.5) is 5.69 Å². The number of aliphatic imine (C=N–C) groups is 1. The first-order valence-corrected chi connectivity index (χ1v) is 10.4. The van der Waals surface area contributed by atoms with Crippen molar-refractivity contribution in [3.8, 4) is 11.5 Å². The number of hydrogen-bond acceptors (Lipinski definition) is 6. The SMILES string of the molecule is C=C1C(Nc2ccc(OCC)c(OC)c2)=NC(c2ccc3c(cnn3C)c2)=CN1/C=C\C. The number of nitrogens with zero attached hydrogens (tertiary/aromatic N) is 4. The molecule has 32 heavy (non-hydrogen) atoms. The number of allylic oxidation sites excluding steroid dienone is 1. The molecule has 0 atom stereocenters. The van der Waals surface area contributed by atoms with E-state index in [4.69, 9.17) is 14.5 Å². The first-order valence-electron chi connectivity index (χ1n) is 10.4. The van der Waals surface area contributed by atoms with Crippen LogP contribution in [0.25, 0.3) is 16.6 Å². The Labute approximate surface area is 188 Å². The highest BCUT2D eigenvalue weighted by Crippen LogP contribution is 2.32. The van der Waals surface area contributed by atoms with Gasteiger partial charge in [-0.15, -0.1) is 0 Å². The molecule has 0 radical (unpaired) electrons. The van der Waals surface area contributed by atoms with Crippen LogP contribution >= 0.6 is 0 Å². The van der Waals surface area contributed by atoms with Gasteiger partial charge in [0.15, 0.2) is 17.3 Å². The molecule has 0 saturated heterocycles. The maximum absolute atomic E-state index is 5.62. The molecule has 0 bridgehead atoms. The van der Waals surface area contributed by atoms with Gasteiger partial charge in [-0.25, -0.2) is 4.99 Å². The molecule has 7 nitrogen and oxygen atoms in total. The van der Waals surface area contributed by atoms with Crippen molar-refractivity contribution in [1.82, 2.24) is 14.7 Å². The number of aryl methyl sites for hydroxylation is 1. The lowest BCUT2D eigenvalue weighted by Crippen LogP contribution is -2.26. The molecule has 0 fully saturated rings. The van der Waals surface area contributed by atoms with E-state index in [-0.39, 0.29) is 0 Å². The van der Waals surface area contributed by atoms with Crippen LogP contribution in [-0.4, -0.2) is 34.2 Å². The number of anilines is 1. The lowest BCUT2D eigenvalue weighted by Gasteiger charge is -2.26. The van der Waals surface area contributed by atoms with Crippen LogP contribution in [-0.2, 0) is 7.05 Å². The second kappa shape index (κ2) is 9.01. The predicted molar refractivity (Wildman–Crippen MR) is 130 cm³/mol. The Morgan fingerprint density at radius 2 is 2.00 bits per heavy atom. The summed E-state index contributed by atoms with van der Waals surface area (Å²) in [5.41, 5.74) is 4.46. The predicted octanol–water partition coefficient (Wildman–Crippen LogP) is 5.15. The molecule has 0 unspecified atom stereocenters. The number of amidine groups is 1. The van der Waals surface area contributed by atoms with Gasteiger partial charge in [0, 0.05) is 42.2 Å². The van der Waals surface area contributed by atoms with Crippen LogP contribution in [0.3, 0.4) is 0 Å². The molecular weight excluding hydrogens is 402 g/mol. The number of hydrogen-bond donors (Lipinski definition) is 1. The van der Waals surface area contributed by atoms with E-state index >= 15 is 0 Å². The molecule has 2 heterocycles. The topological polar surface area (TPSA) is 63.9 Å². The van der Waals surface area contributed by atoms with Gasteiger partial charge in [-0.05, 0) is 38.1 Å². The Morgan fingerprint density at radius 3 is 2.75 bits per heavy atom. The van der Waals surface area contributed by atoms with Gasteiger partial charge in [-0.2, -0.15) is 5.10 Å². The molecular formula is C25H27N5O2. The summed E-state index contributed by atoms with van der Waals surface area (Å²) < 4.78 is 13.0. The van der Waals surface area contributed by atoms with Gasteiger partial charge in [0.2, 0.25) is 0 Å². The summed E-state index contributed by atoms with van der Waals surface area (Å²) in [5.74, 6) is 2.01. The first-order chi connectivity index (χ1) is 15.5. The van der Waals surface area contributed by atoms with Gasteiger partial charge in [0.05, 0.1) is 36.8 Å². The van der Waals surface area contributed by atoms with E-state index in [0.717, 1.165) is 33.5 Å². The molecule has 1 aromatic heterocycles. The lowest BCUT2D eigenvalue weighted by molar-refractivity contribution is 0.311. The van der Waals surface area contributed by atoms with Crippen molar-refractivity contribution in [1.29, 1.82) is 0 Å². The first kappa shape index (κ1) is 21.2. The zero-order chi connectivity index (χ0) is 22.7. The lowest BCUT2D eigenvalue weighted by atomic mass is 10.1. The van der Waals surface area contributed by atoms with E-state index in [1.165, 1.54) is 0 Å². The molecule has 164 valence electrons. The summed E-state index contributed by atoms with van der Waals surface area (Å²) in [5, 5.41) is 8.79. The number of methoxy groups -OCH3 is 1. The Hall–Kier alpha value is -4.00. The van der Waals surface area contributed by atoms with E-state index in [2.05, 4.69) is 35.2 Å². The third-order valence-corrected chi connectivity index (χ3v) is 5.16. The van der Waals surface area contributed by atoms with E-state index in [9.17, 15) is 0 Å². The molecule has 0 amide bonds. The minimum Gasteiger partial charge on any atom is -0.493 e. The largest absolute Gasteiger partial charge is 0.493 e. The van der Waals surface area contributed by atoms with Gasteiger partial charge in [0.1, 0.15) is 0 Å². The molecule has 4 rings (SSSR count). The van der Waals surface area contributed by atoms with E-state index in [0.29, 0.717) is 23.9 Å². The van der Waals surface area contributed by atoms with Gasteiger partial charge < -0.3 is 19.7 Å². The van der Waals surface area contributed by atoms with Gasteiger partial charge >= 0.3 is 0 Å². The summed E-state index contributed by atoms with van der Waals surface area (Å²) in [6.45, 7) is 8.71. The van der Waals surface area contributed by atoms with E-state index < -0.39 is 0 Å². The Balaban J connectivity index is 1.70. The third-order valence-electron chi connectivity index (χ3n) is 5.16. The van der Waals surface area contributed by atoms with Gasteiger partial charge in [-0.1, -0.05) is 18.7 Å². The van der Waals surface area contributed by atoms with Crippen LogP contribution in [0.15, 0.2) is 78.3 Å². The molecule has 0 aliphatic carbocycles. The van der Waals surface area contributed by atoms with Crippen molar-refractivity contribution in [2.45, 2.75) is 13.8 Å². The van der Waals surface area contributed by atoms with Crippen molar-refractivity contribution in [2.24, 2.45) is 12.0 Å². The quantitative estimate of drug-likeness (QED) is 0.587. The Bertz CT molecular complexity index is 1250. The standard InChI is InChI=1S/C25H27N5O2/c1-6-12-30-16-21(18-8-10-22-19(13-18)15-26-29(22)4)28-25(17(30)3)27-20-9-11-23(32-7-2)24(14-20)31-5/h6,8-16H,3,7H2,1-2,4-5H3,(H,27,28)/b12-6-. The minimum atomic E-state index is 0.570. The van der Waals surface area contributed by atoms with Crippen molar-refractivity contribution in [2.75, 3.05) is 19.0 Å². The van der Waals surface area contributed by atoms with Crippen molar-refractivity contribution >= 4 is 28.1 Å². The monoisotopic (exact) mass is 429 g/mol. The normalized spacial score (nSPS) is 14.0. The number of aromatic nitrogens is 2. The molecule has 1 aliphatic heterocycles. The molecule has 1 N–H and O–H groups in total. The molecule has 2 aromatic carbocycles. The Kier molecular flexibility index (Phi) is 5.98. The summed E-state index contributed by atoms with van der Waals surface area (Å²) >= 11 is 0. The number of fused-ring (bicyclic) bond motifs is 1. The number of ether oxygens (including phenoxy) is 2. The van der Waals surface area contributed by atoms with E-state index in [1.807, 2.05) is 73.3 Å². The highest BCUT2D eigenvalue weighted by Gasteiger charge is 2.19. The van der Waals surface area contributed by atoms with Crippen LogP contribution in [0.1, 0.15) is 19.4 Å².